The molecular weight excluding hydrogens is 314 g/mol. The van der Waals surface area contributed by atoms with Crippen molar-refractivity contribution in [2.75, 3.05) is 14.2 Å². The molecule has 0 bridgehead atoms. The molecule has 0 saturated heterocycles. The van der Waals surface area contributed by atoms with Gasteiger partial charge in [0.2, 0.25) is 0 Å². The molecule has 2 aliphatic rings. The summed E-state index contributed by atoms with van der Waals surface area (Å²) in [6.07, 6.45) is 7.13. The SMILES string of the molecule is COc1cc(OC)cc([C@H]2C=C[C@H]3CCC[C@H](O)[C@@H]3[C@H]2[C@@H](C)C#N)c1. The number of benzene rings is 1. The van der Waals surface area contributed by atoms with Crippen LogP contribution in [0.15, 0.2) is 30.4 Å². The van der Waals surface area contributed by atoms with Crippen LogP contribution in [0.25, 0.3) is 0 Å². The second kappa shape index (κ2) is 7.49. The Morgan fingerprint density at radius 2 is 1.80 bits per heavy atom. The molecule has 0 heterocycles. The van der Waals surface area contributed by atoms with E-state index in [4.69, 9.17) is 9.47 Å². The summed E-state index contributed by atoms with van der Waals surface area (Å²) in [5.41, 5.74) is 1.08. The van der Waals surface area contributed by atoms with Crippen molar-refractivity contribution in [1.29, 1.82) is 5.26 Å². The van der Waals surface area contributed by atoms with Gasteiger partial charge in [0, 0.05) is 17.9 Å². The van der Waals surface area contributed by atoms with Gasteiger partial charge in [0.25, 0.3) is 0 Å². The average Bonchev–Trinajstić information content (AvgIpc) is 2.66. The number of ether oxygens (including phenoxy) is 2. The number of nitrogens with zero attached hydrogens (tertiary/aromatic N) is 1. The number of hydrogen-bond acceptors (Lipinski definition) is 4. The maximum atomic E-state index is 10.7. The molecule has 0 radical (unpaired) electrons. The summed E-state index contributed by atoms with van der Waals surface area (Å²) in [6.45, 7) is 1.98. The molecule has 2 aliphatic carbocycles. The summed E-state index contributed by atoms with van der Waals surface area (Å²) in [7, 11) is 3.29. The Labute approximate surface area is 150 Å². The van der Waals surface area contributed by atoms with Crippen LogP contribution >= 0.6 is 0 Å². The fraction of sp³-hybridized carbons (Fsp3) is 0.571. The van der Waals surface area contributed by atoms with Gasteiger partial charge in [-0.15, -0.1) is 0 Å². The third kappa shape index (κ3) is 3.39. The zero-order valence-corrected chi connectivity index (χ0v) is 15.2. The summed E-state index contributed by atoms with van der Waals surface area (Å²) < 4.78 is 10.8. The molecule has 1 saturated carbocycles. The molecule has 1 fully saturated rings. The summed E-state index contributed by atoms with van der Waals surface area (Å²) in [5.74, 6) is 2.03. The van der Waals surface area contributed by atoms with E-state index in [2.05, 4.69) is 18.2 Å². The number of hydrogen-bond donors (Lipinski definition) is 1. The summed E-state index contributed by atoms with van der Waals surface area (Å²) >= 11 is 0. The van der Waals surface area contributed by atoms with Crippen molar-refractivity contribution >= 4 is 0 Å². The molecular formula is C21H27NO3. The number of allylic oxidation sites excluding steroid dienone is 2. The maximum absolute atomic E-state index is 10.7. The summed E-state index contributed by atoms with van der Waals surface area (Å²) in [6, 6.07) is 8.33. The molecule has 4 heteroatoms. The molecule has 3 rings (SSSR count). The van der Waals surface area contributed by atoms with Crippen molar-refractivity contribution in [2.24, 2.45) is 23.7 Å². The van der Waals surface area contributed by atoms with E-state index in [1.165, 1.54) is 0 Å². The zero-order valence-electron chi connectivity index (χ0n) is 15.2. The summed E-state index contributed by atoms with van der Waals surface area (Å²) in [4.78, 5) is 0. The minimum absolute atomic E-state index is 0.0765. The highest BCUT2D eigenvalue weighted by Gasteiger charge is 2.45. The maximum Gasteiger partial charge on any atom is 0.122 e. The fourth-order valence-corrected chi connectivity index (χ4v) is 4.72. The summed E-state index contributed by atoms with van der Waals surface area (Å²) in [5, 5.41) is 20.3. The first-order chi connectivity index (χ1) is 12.1. The van der Waals surface area contributed by atoms with Gasteiger partial charge >= 0.3 is 0 Å². The molecule has 4 nitrogen and oxygen atoms in total. The lowest BCUT2D eigenvalue weighted by Gasteiger charge is -2.46. The van der Waals surface area contributed by atoms with E-state index in [1.54, 1.807) is 14.2 Å². The lowest BCUT2D eigenvalue weighted by atomic mass is 9.59. The van der Waals surface area contributed by atoms with Gasteiger partial charge in [-0.2, -0.15) is 5.26 Å². The lowest BCUT2D eigenvalue weighted by molar-refractivity contribution is -0.00596. The predicted molar refractivity (Wildman–Crippen MR) is 96.5 cm³/mol. The normalized spacial score (nSPS) is 32.4. The van der Waals surface area contributed by atoms with E-state index >= 15 is 0 Å². The molecule has 0 amide bonds. The van der Waals surface area contributed by atoms with Crippen molar-refractivity contribution < 1.29 is 14.6 Å². The predicted octanol–water partition coefficient (Wildman–Crippen LogP) is 3.91. The number of aliphatic hydroxyl groups is 1. The highest BCUT2D eigenvalue weighted by atomic mass is 16.5. The van der Waals surface area contributed by atoms with Gasteiger partial charge < -0.3 is 14.6 Å². The molecule has 0 spiro atoms. The third-order valence-electron chi connectivity index (χ3n) is 5.94. The van der Waals surface area contributed by atoms with Crippen LogP contribution in [0.1, 0.15) is 37.7 Å². The first-order valence-electron chi connectivity index (χ1n) is 9.08. The fourth-order valence-electron chi connectivity index (χ4n) is 4.72. The smallest absolute Gasteiger partial charge is 0.122 e. The molecule has 1 aromatic rings. The molecule has 1 N–H and O–H groups in total. The van der Waals surface area contributed by atoms with Crippen LogP contribution in [0.2, 0.25) is 0 Å². The Morgan fingerprint density at radius 1 is 1.12 bits per heavy atom. The number of fused-ring (bicyclic) bond motifs is 1. The minimum atomic E-state index is -0.334. The Morgan fingerprint density at radius 3 is 2.40 bits per heavy atom. The van der Waals surface area contributed by atoms with E-state index < -0.39 is 0 Å². The quantitative estimate of drug-likeness (QED) is 0.844. The molecule has 134 valence electrons. The van der Waals surface area contributed by atoms with Crippen LogP contribution < -0.4 is 9.47 Å². The highest BCUT2D eigenvalue weighted by molar-refractivity contribution is 5.42. The Balaban J connectivity index is 2.05. The van der Waals surface area contributed by atoms with E-state index in [0.29, 0.717) is 5.92 Å². The number of rotatable bonds is 4. The molecule has 1 aromatic carbocycles. The van der Waals surface area contributed by atoms with E-state index in [-0.39, 0.29) is 29.8 Å². The Bertz CT molecular complexity index is 656. The van der Waals surface area contributed by atoms with Gasteiger partial charge in [-0.1, -0.05) is 18.6 Å². The van der Waals surface area contributed by atoms with Gasteiger partial charge in [0.05, 0.1) is 26.4 Å². The molecule has 0 aromatic heterocycles. The van der Waals surface area contributed by atoms with Crippen molar-refractivity contribution in [3.8, 4) is 17.6 Å². The van der Waals surface area contributed by atoms with Crippen molar-refractivity contribution in [3.63, 3.8) is 0 Å². The van der Waals surface area contributed by atoms with E-state index in [9.17, 15) is 10.4 Å². The Hall–Kier alpha value is -1.99. The van der Waals surface area contributed by atoms with Crippen LogP contribution in [0.5, 0.6) is 11.5 Å². The molecule has 6 atom stereocenters. The number of nitriles is 1. The monoisotopic (exact) mass is 341 g/mol. The second-order valence-corrected chi connectivity index (χ2v) is 7.29. The van der Waals surface area contributed by atoms with Gasteiger partial charge in [-0.05, 0) is 55.2 Å². The van der Waals surface area contributed by atoms with Crippen LogP contribution in [-0.2, 0) is 0 Å². The van der Waals surface area contributed by atoms with Crippen molar-refractivity contribution in [3.05, 3.63) is 35.9 Å². The molecule has 25 heavy (non-hydrogen) atoms. The van der Waals surface area contributed by atoms with Crippen LogP contribution in [0.4, 0.5) is 0 Å². The highest BCUT2D eigenvalue weighted by Crippen LogP contribution is 2.50. The number of aliphatic hydroxyl groups excluding tert-OH is 1. The minimum Gasteiger partial charge on any atom is -0.497 e. The van der Waals surface area contributed by atoms with E-state index in [1.807, 2.05) is 25.1 Å². The third-order valence-corrected chi connectivity index (χ3v) is 5.94. The Kier molecular flexibility index (Phi) is 5.34. The van der Waals surface area contributed by atoms with Crippen molar-refractivity contribution in [2.45, 2.75) is 38.2 Å². The molecule has 0 unspecified atom stereocenters. The van der Waals surface area contributed by atoms with Gasteiger partial charge in [-0.25, -0.2) is 0 Å². The molecule has 0 aliphatic heterocycles. The average molecular weight is 341 g/mol. The largest absolute Gasteiger partial charge is 0.497 e. The lowest BCUT2D eigenvalue weighted by Crippen LogP contribution is -2.43. The first kappa shape index (κ1) is 17.8. The number of methoxy groups -OCH3 is 2. The van der Waals surface area contributed by atoms with Gasteiger partial charge in [0.1, 0.15) is 11.5 Å². The van der Waals surface area contributed by atoms with Crippen LogP contribution in [0.3, 0.4) is 0 Å². The topological polar surface area (TPSA) is 62.5 Å². The second-order valence-electron chi connectivity index (χ2n) is 7.29. The van der Waals surface area contributed by atoms with Crippen molar-refractivity contribution in [1.82, 2.24) is 0 Å². The van der Waals surface area contributed by atoms with Gasteiger partial charge in [-0.3, -0.25) is 0 Å². The first-order valence-corrected chi connectivity index (χ1v) is 9.08. The van der Waals surface area contributed by atoms with E-state index in [0.717, 1.165) is 36.3 Å². The zero-order chi connectivity index (χ0) is 18.0. The standard InChI is InChI=1S/C21H27NO3/c1-13(12-22)20-18(8-7-14-5-4-6-19(23)21(14)20)15-9-16(24-2)11-17(10-15)25-3/h7-11,13-14,18-21,23H,4-6H2,1-3H3/t13-,14+,18+,19-,20-,21+/m0/s1. The van der Waals surface area contributed by atoms with Crippen LogP contribution in [0, 0.1) is 35.0 Å². The van der Waals surface area contributed by atoms with Crippen LogP contribution in [-0.4, -0.2) is 25.4 Å². The van der Waals surface area contributed by atoms with Gasteiger partial charge in [0.15, 0.2) is 0 Å².